The Labute approximate surface area is 86.0 Å². The summed E-state index contributed by atoms with van der Waals surface area (Å²) in [5.41, 5.74) is 0. The number of piperidine rings is 1. The quantitative estimate of drug-likeness (QED) is 0.685. The van der Waals surface area contributed by atoms with Crippen LogP contribution in [0.3, 0.4) is 0 Å². The van der Waals surface area contributed by atoms with Gasteiger partial charge in [0.1, 0.15) is 0 Å². The molecule has 1 heterocycles. The third-order valence-corrected chi connectivity index (χ3v) is 3.13. The molecule has 0 saturated carbocycles. The van der Waals surface area contributed by atoms with E-state index >= 15 is 0 Å². The molecular formula is C10H21N3O. The number of urea groups is 1. The van der Waals surface area contributed by atoms with Crippen molar-refractivity contribution in [2.45, 2.75) is 25.8 Å². The normalized spacial score (nSPS) is 27.5. The van der Waals surface area contributed by atoms with E-state index in [1.54, 1.807) is 7.05 Å². The molecule has 2 unspecified atom stereocenters. The third kappa shape index (κ3) is 2.38. The molecule has 0 aromatic heterocycles. The summed E-state index contributed by atoms with van der Waals surface area (Å²) >= 11 is 0. The minimum Gasteiger partial charge on any atom is -0.341 e. The maximum absolute atomic E-state index is 11.4. The number of amides is 2. The number of nitrogens with one attached hydrogen (secondary N) is 2. The first-order chi connectivity index (χ1) is 6.72. The van der Waals surface area contributed by atoms with Gasteiger partial charge >= 0.3 is 6.03 Å². The van der Waals surface area contributed by atoms with Crippen LogP contribution in [0.2, 0.25) is 0 Å². The number of rotatable bonds is 2. The second-order valence-electron chi connectivity index (χ2n) is 3.85. The van der Waals surface area contributed by atoms with Crippen LogP contribution in [0.15, 0.2) is 0 Å². The van der Waals surface area contributed by atoms with E-state index in [9.17, 15) is 4.79 Å². The van der Waals surface area contributed by atoms with E-state index in [1.807, 2.05) is 11.9 Å². The molecule has 4 heteroatoms. The summed E-state index contributed by atoms with van der Waals surface area (Å²) in [5, 5.41) is 6.00. The molecular weight excluding hydrogens is 178 g/mol. The molecule has 0 aromatic rings. The number of likely N-dealkylation sites (tertiary alicyclic amines) is 1. The Kier molecular flexibility index (Phi) is 4.20. The molecule has 2 N–H and O–H groups in total. The molecule has 82 valence electrons. The van der Waals surface area contributed by atoms with Crippen molar-refractivity contribution >= 4 is 6.03 Å². The highest BCUT2D eigenvalue weighted by molar-refractivity contribution is 5.73. The van der Waals surface area contributed by atoms with E-state index in [4.69, 9.17) is 0 Å². The molecule has 2 atom stereocenters. The number of hydrogen-bond acceptors (Lipinski definition) is 2. The van der Waals surface area contributed by atoms with Crippen LogP contribution < -0.4 is 10.6 Å². The van der Waals surface area contributed by atoms with Crippen molar-refractivity contribution in [3.63, 3.8) is 0 Å². The summed E-state index contributed by atoms with van der Waals surface area (Å²) in [7, 11) is 3.69. The summed E-state index contributed by atoms with van der Waals surface area (Å²) in [5.74, 6) is 0.589. The average Bonchev–Trinajstić information content (AvgIpc) is 2.26. The van der Waals surface area contributed by atoms with Crippen molar-refractivity contribution < 1.29 is 4.79 Å². The van der Waals surface area contributed by atoms with Crippen LogP contribution in [0.25, 0.3) is 0 Å². The van der Waals surface area contributed by atoms with Gasteiger partial charge in [-0.15, -0.1) is 0 Å². The first kappa shape index (κ1) is 11.3. The predicted octanol–water partition coefficient (Wildman–Crippen LogP) is 0.646. The predicted molar refractivity (Wildman–Crippen MR) is 57.3 cm³/mol. The van der Waals surface area contributed by atoms with Crippen molar-refractivity contribution in [3.05, 3.63) is 0 Å². The van der Waals surface area contributed by atoms with Gasteiger partial charge in [-0.2, -0.15) is 0 Å². The lowest BCUT2D eigenvalue weighted by molar-refractivity contribution is 0.146. The number of nitrogens with zero attached hydrogens (tertiary/aromatic N) is 1. The van der Waals surface area contributed by atoms with E-state index in [0.29, 0.717) is 12.0 Å². The minimum absolute atomic E-state index is 0.0537. The van der Waals surface area contributed by atoms with Crippen LogP contribution in [0, 0.1) is 5.92 Å². The summed E-state index contributed by atoms with van der Waals surface area (Å²) < 4.78 is 0. The maximum Gasteiger partial charge on any atom is 0.317 e. The zero-order valence-corrected chi connectivity index (χ0v) is 9.34. The summed E-state index contributed by atoms with van der Waals surface area (Å²) in [4.78, 5) is 13.3. The zero-order valence-electron chi connectivity index (χ0n) is 9.34. The van der Waals surface area contributed by atoms with Crippen molar-refractivity contribution in [1.29, 1.82) is 0 Å². The molecule has 0 aromatic carbocycles. The Balaban J connectivity index is 2.52. The molecule has 1 aliphatic heterocycles. The van der Waals surface area contributed by atoms with Gasteiger partial charge in [0.2, 0.25) is 0 Å². The second kappa shape index (κ2) is 5.20. The zero-order chi connectivity index (χ0) is 10.6. The van der Waals surface area contributed by atoms with Gasteiger partial charge < -0.3 is 15.5 Å². The lowest BCUT2D eigenvalue weighted by Gasteiger charge is -2.37. The summed E-state index contributed by atoms with van der Waals surface area (Å²) in [6.07, 6.45) is 2.18. The van der Waals surface area contributed by atoms with Gasteiger partial charge in [-0.1, -0.05) is 13.3 Å². The number of hydrogen-bond donors (Lipinski definition) is 2. The average molecular weight is 199 g/mol. The monoisotopic (exact) mass is 199 g/mol. The highest BCUT2D eigenvalue weighted by Gasteiger charge is 2.28. The molecule has 4 nitrogen and oxygen atoms in total. The SMILES string of the molecule is CCC1CN(C(=O)NC)CCC1NC. The fourth-order valence-electron chi connectivity index (χ4n) is 2.17. The largest absolute Gasteiger partial charge is 0.341 e. The molecule has 0 bridgehead atoms. The Morgan fingerprint density at radius 3 is 2.71 bits per heavy atom. The molecule has 2 amide bonds. The maximum atomic E-state index is 11.4. The van der Waals surface area contributed by atoms with Gasteiger partial charge in [0.25, 0.3) is 0 Å². The van der Waals surface area contributed by atoms with E-state index in [2.05, 4.69) is 17.6 Å². The highest BCUT2D eigenvalue weighted by Crippen LogP contribution is 2.19. The topological polar surface area (TPSA) is 44.4 Å². The summed E-state index contributed by atoms with van der Waals surface area (Å²) in [6.45, 7) is 3.92. The molecule has 1 saturated heterocycles. The van der Waals surface area contributed by atoms with Crippen molar-refractivity contribution in [2.75, 3.05) is 27.2 Å². The number of carbonyl (C=O) groups excluding carboxylic acids is 1. The standard InChI is InChI=1S/C10H21N3O/c1-4-8-7-13(10(14)12-3)6-5-9(8)11-2/h8-9,11H,4-7H2,1-3H3,(H,12,14). The van der Waals surface area contributed by atoms with Crippen LogP contribution in [-0.2, 0) is 0 Å². The van der Waals surface area contributed by atoms with Crippen LogP contribution in [0.4, 0.5) is 4.79 Å². The first-order valence-corrected chi connectivity index (χ1v) is 5.36. The van der Waals surface area contributed by atoms with E-state index in [0.717, 1.165) is 25.9 Å². The molecule has 0 aliphatic carbocycles. The van der Waals surface area contributed by atoms with Crippen LogP contribution in [-0.4, -0.2) is 44.2 Å². The fraction of sp³-hybridized carbons (Fsp3) is 0.900. The Hall–Kier alpha value is -0.770. The van der Waals surface area contributed by atoms with Gasteiger partial charge in [-0.05, 0) is 19.4 Å². The highest BCUT2D eigenvalue weighted by atomic mass is 16.2. The van der Waals surface area contributed by atoms with Gasteiger partial charge in [0.15, 0.2) is 0 Å². The summed E-state index contributed by atoms with van der Waals surface area (Å²) in [6, 6.07) is 0.624. The van der Waals surface area contributed by atoms with Crippen molar-refractivity contribution in [1.82, 2.24) is 15.5 Å². The van der Waals surface area contributed by atoms with E-state index in [-0.39, 0.29) is 6.03 Å². The smallest absolute Gasteiger partial charge is 0.317 e. The van der Waals surface area contributed by atoms with Crippen molar-refractivity contribution in [2.24, 2.45) is 5.92 Å². The second-order valence-corrected chi connectivity index (χ2v) is 3.85. The molecule has 14 heavy (non-hydrogen) atoms. The third-order valence-electron chi connectivity index (χ3n) is 3.13. The van der Waals surface area contributed by atoms with Crippen LogP contribution in [0.5, 0.6) is 0 Å². The Bertz CT molecular complexity index is 196. The van der Waals surface area contributed by atoms with Gasteiger partial charge in [-0.25, -0.2) is 4.79 Å². The minimum atomic E-state index is 0.0537. The van der Waals surface area contributed by atoms with Gasteiger partial charge in [0.05, 0.1) is 0 Å². The van der Waals surface area contributed by atoms with Gasteiger partial charge in [-0.3, -0.25) is 0 Å². The van der Waals surface area contributed by atoms with Gasteiger partial charge in [0, 0.05) is 26.2 Å². The number of carbonyl (C=O) groups is 1. The lowest BCUT2D eigenvalue weighted by Crippen LogP contribution is -2.52. The fourth-order valence-corrected chi connectivity index (χ4v) is 2.17. The van der Waals surface area contributed by atoms with Crippen LogP contribution in [0.1, 0.15) is 19.8 Å². The lowest BCUT2D eigenvalue weighted by atomic mass is 9.90. The van der Waals surface area contributed by atoms with Crippen LogP contribution >= 0.6 is 0 Å². The van der Waals surface area contributed by atoms with E-state index < -0.39 is 0 Å². The molecule has 1 fully saturated rings. The molecule has 1 aliphatic rings. The van der Waals surface area contributed by atoms with Crippen molar-refractivity contribution in [3.8, 4) is 0 Å². The Morgan fingerprint density at radius 1 is 1.50 bits per heavy atom. The molecule has 0 radical (unpaired) electrons. The van der Waals surface area contributed by atoms with E-state index in [1.165, 1.54) is 0 Å². The molecule has 0 spiro atoms. The molecule has 1 rings (SSSR count). The Morgan fingerprint density at radius 2 is 2.21 bits per heavy atom. The first-order valence-electron chi connectivity index (χ1n) is 5.36.